The molecule has 23 N–H and O–H groups in total. The predicted molar refractivity (Wildman–Crippen MR) is 317 cm³/mol. The summed E-state index contributed by atoms with van der Waals surface area (Å²) >= 11 is 0. The molecule has 0 saturated carbocycles. The highest BCUT2D eigenvalue weighted by molar-refractivity contribution is 5.91. The van der Waals surface area contributed by atoms with E-state index < -0.39 is 114 Å². The molecule has 38 heteroatoms. The maximum Gasteiger partial charge on any atom is 0.358 e. The second-order valence-electron chi connectivity index (χ2n) is 18.3. The largest absolute Gasteiger partial charge is 0.481 e. The molecule has 0 aliphatic rings. The Balaban J connectivity index is 0. The molecule has 1 aromatic carbocycles. The predicted octanol–water partition coefficient (Wildman–Crippen LogP) is -1.82. The Morgan fingerprint density at radius 2 is 0.796 bits per heavy atom. The summed E-state index contributed by atoms with van der Waals surface area (Å²) < 4.78 is 28.4. The molecule has 0 aliphatic carbocycles. The summed E-state index contributed by atoms with van der Waals surface area (Å²) in [7, 11) is 0. The Kier molecular flexibility index (Phi) is 43.4. The Bertz CT molecular complexity index is 2930. The van der Waals surface area contributed by atoms with Crippen LogP contribution in [0.15, 0.2) is 79.6 Å². The van der Waals surface area contributed by atoms with E-state index in [4.69, 9.17) is 101 Å². The molecule has 6 atom stereocenters. The molecule has 0 fully saturated rings. The fraction of sp³-hybridized carbons (Fsp3) is 0.400. The monoisotopic (exact) mass is 1320 g/mol. The number of carbonyl (C=O) groups is 13. The SMILES string of the molecule is CC(=O)OCC[C@H](N)C(=O)O.Cc1cc(N)cc(C(=O)OCC[C@H](N)C(=O)O)c1.N[C@@H](CCOC(=O)CCC(=O)O)C(=O)O.N[C@@H](CCOC(=O)c1ccncc1)C(=O)O.N[C@@H](CCOC(=O)c1cnccn1)C(=O)O.Nc1ccc(C(=O)OCC[C@H](N)C(=O)O)cn1. The molecular formula is C55H76N12O26. The first kappa shape index (κ1) is 84.1. The average molecular weight is 1320 g/mol. The van der Waals surface area contributed by atoms with Crippen LogP contribution in [0.5, 0.6) is 0 Å². The summed E-state index contributed by atoms with van der Waals surface area (Å²) in [6.45, 7) is 2.82. The zero-order valence-corrected chi connectivity index (χ0v) is 50.2. The minimum absolute atomic E-state index is 0.00808. The fourth-order valence-corrected chi connectivity index (χ4v) is 5.44. The number of aryl methyl sites for hydroxylation is 1. The van der Waals surface area contributed by atoms with Crippen molar-refractivity contribution in [2.45, 2.75) is 101 Å². The average Bonchev–Trinajstić information content (AvgIpc) is 2.40. The number of anilines is 2. The van der Waals surface area contributed by atoms with Crippen molar-refractivity contribution in [2.75, 3.05) is 51.1 Å². The van der Waals surface area contributed by atoms with Crippen LogP contribution in [0.25, 0.3) is 0 Å². The first-order valence-electron chi connectivity index (χ1n) is 26.9. The molecule has 4 rings (SSSR count). The van der Waals surface area contributed by atoms with Crippen LogP contribution in [0.1, 0.15) is 105 Å². The Hall–Kier alpha value is -10.9. The van der Waals surface area contributed by atoms with E-state index in [0.717, 1.165) is 5.56 Å². The van der Waals surface area contributed by atoms with E-state index in [1.165, 1.54) is 74.4 Å². The van der Waals surface area contributed by atoms with Gasteiger partial charge in [-0.3, -0.25) is 53.1 Å². The van der Waals surface area contributed by atoms with Crippen LogP contribution >= 0.6 is 0 Å². The summed E-state index contributed by atoms with van der Waals surface area (Å²) in [6, 6.07) is 4.74. The topological polar surface area (TPSA) is 679 Å². The van der Waals surface area contributed by atoms with Crippen molar-refractivity contribution in [3.8, 4) is 0 Å². The number of rotatable bonds is 31. The lowest BCUT2D eigenvalue weighted by atomic mass is 10.1. The van der Waals surface area contributed by atoms with Crippen LogP contribution in [0.4, 0.5) is 11.5 Å². The van der Waals surface area contributed by atoms with E-state index in [2.05, 4.69) is 29.4 Å². The van der Waals surface area contributed by atoms with Crippen LogP contribution in [-0.2, 0) is 71.6 Å². The van der Waals surface area contributed by atoms with Gasteiger partial charge >= 0.3 is 77.6 Å². The normalized spacial score (nSPS) is 11.9. The molecule has 0 radical (unpaired) electrons. The highest BCUT2D eigenvalue weighted by Crippen LogP contribution is 2.13. The number of carboxylic acids is 7. The molecule has 0 amide bonds. The fourth-order valence-electron chi connectivity index (χ4n) is 5.44. The number of aliphatic carboxylic acids is 7. The van der Waals surface area contributed by atoms with Crippen LogP contribution in [0, 0.1) is 6.92 Å². The van der Waals surface area contributed by atoms with Gasteiger partial charge in [-0.05, 0) is 55.0 Å². The zero-order chi connectivity index (χ0) is 71.2. The molecule has 3 heterocycles. The zero-order valence-electron chi connectivity index (χ0n) is 50.2. The van der Waals surface area contributed by atoms with E-state index in [1.807, 2.05) is 6.92 Å². The van der Waals surface area contributed by atoms with Gasteiger partial charge in [0.2, 0.25) is 0 Å². The van der Waals surface area contributed by atoms with Crippen molar-refractivity contribution in [3.05, 3.63) is 108 Å². The third-order valence-corrected chi connectivity index (χ3v) is 10.6. The first-order valence-corrected chi connectivity index (χ1v) is 26.9. The van der Waals surface area contributed by atoms with Crippen LogP contribution in [0.2, 0.25) is 0 Å². The van der Waals surface area contributed by atoms with Gasteiger partial charge in [-0.1, -0.05) is 0 Å². The van der Waals surface area contributed by atoms with E-state index in [1.54, 1.807) is 12.1 Å². The van der Waals surface area contributed by atoms with Crippen molar-refractivity contribution in [3.63, 3.8) is 0 Å². The summed E-state index contributed by atoms with van der Waals surface area (Å²) in [4.78, 5) is 154. The second kappa shape index (κ2) is 48.0. The molecule has 0 spiro atoms. The van der Waals surface area contributed by atoms with E-state index >= 15 is 0 Å². The number of carboxylic acid groups (broad SMARTS) is 7. The van der Waals surface area contributed by atoms with E-state index in [0.29, 0.717) is 22.6 Å². The number of nitrogens with zero attached hydrogens (tertiary/aromatic N) is 4. The minimum atomic E-state index is -1.17. The van der Waals surface area contributed by atoms with Crippen molar-refractivity contribution in [1.29, 1.82) is 0 Å². The molecular weight excluding hydrogens is 1240 g/mol. The smallest absolute Gasteiger partial charge is 0.358 e. The lowest BCUT2D eigenvalue weighted by molar-refractivity contribution is -0.148. The van der Waals surface area contributed by atoms with Crippen molar-refractivity contribution in [1.82, 2.24) is 19.9 Å². The van der Waals surface area contributed by atoms with Gasteiger partial charge < -0.3 is 110 Å². The number of hydrogen-bond acceptors (Lipinski definition) is 31. The molecule has 4 aromatic rings. The Morgan fingerprint density at radius 3 is 1.15 bits per heavy atom. The lowest BCUT2D eigenvalue weighted by Gasteiger charge is -2.08. The number of benzene rings is 1. The van der Waals surface area contributed by atoms with Crippen LogP contribution in [0.3, 0.4) is 0 Å². The Labute approximate surface area is 528 Å². The maximum absolute atomic E-state index is 11.6. The van der Waals surface area contributed by atoms with Crippen LogP contribution in [-0.4, -0.2) is 209 Å². The number of pyridine rings is 2. The number of esters is 6. The number of nitrogens with two attached hydrogens (primary N) is 8. The number of nitrogen functional groups attached to an aromatic ring is 2. The van der Waals surface area contributed by atoms with Gasteiger partial charge in [0.05, 0.1) is 75.4 Å². The number of aromatic nitrogens is 4. The van der Waals surface area contributed by atoms with Gasteiger partial charge in [-0.2, -0.15) is 0 Å². The number of hydrogen-bond donors (Lipinski definition) is 15. The molecule has 0 aliphatic heterocycles. The van der Waals surface area contributed by atoms with Gasteiger partial charge in [0.25, 0.3) is 0 Å². The summed E-state index contributed by atoms with van der Waals surface area (Å²) in [5.41, 5.74) is 44.6. The van der Waals surface area contributed by atoms with E-state index in [9.17, 15) is 62.3 Å². The molecule has 3 aromatic heterocycles. The summed E-state index contributed by atoms with van der Waals surface area (Å²) in [6.07, 6.45) is 8.19. The second-order valence-corrected chi connectivity index (χ2v) is 18.3. The highest BCUT2D eigenvalue weighted by Gasteiger charge is 2.18. The molecule has 38 nitrogen and oxygen atoms in total. The molecule has 0 bridgehead atoms. The van der Waals surface area contributed by atoms with Crippen molar-refractivity contribution in [2.24, 2.45) is 34.4 Å². The maximum atomic E-state index is 11.6. The summed E-state index contributed by atoms with van der Waals surface area (Å²) in [5, 5.41) is 58.9. The van der Waals surface area contributed by atoms with Gasteiger partial charge in [-0.25, -0.2) is 29.1 Å². The standard InChI is InChI=1S/C12H16N2O4.C10H13N3O4.C10H12N2O4.C9H11N3O4.C8H13NO6.C6H11NO4/c1-7-4-8(6-9(13)5-7)12(17)18-3-2-10(14)11(15)16;11-7(9(14)15)3-4-17-10(16)6-1-2-8(12)13-5-6;11-8(9(13)14)3-6-16-10(15)7-1-4-12-5-2-7;10-6(8(13)14)1-4-16-9(15)7-5-11-2-3-12-7;9-5(8(13)14)3-4-15-7(12)2-1-6(10)11;1-4(8)11-3-2-5(7)6(9)10/h4-6,10H,2-3,13-14H2,1H3,(H,15,16);1-2,5,7H,3-4,11H2,(H2,12,13)(H,14,15);1-2,4-5,8H,3,6,11H2,(H,13,14);2-3,5-6H,1,4,10H2,(H,13,14);5H,1-4,9H2,(H,10,11)(H,13,14);5H,2-3,7H2,1H3,(H,9,10)/t10-;7-;8-;6-;2*5-/m000000/s1. The van der Waals surface area contributed by atoms with Crippen molar-refractivity contribution >= 4 is 89.1 Å². The quantitative estimate of drug-likeness (QED) is 0.0150. The molecule has 93 heavy (non-hydrogen) atoms. The number of ether oxygens (including phenoxy) is 6. The third kappa shape index (κ3) is 43.4. The van der Waals surface area contributed by atoms with Crippen LogP contribution < -0.4 is 45.9 Å². The molecule has 512 valence electrons. The molecule has 0 saturated heterocycles. The number of carbonyl (C=O) groups excluding carboxylic acids is 6. The Morgan fingerprint density at radius 1 is 0.409 bits per heavy atom. The van der Waals surface area contributed by atoms with Gasteiger partial charge in [0, 0.05) is 82.1 Å². The van der Waals surface area contributed by atoms with Gasteiger partial charge in [-0.15, -0.1) is 0 Å². The lowest BCUT2D eigenvalue weighted by Crippen LogP contribution is -2.31. The minimum Gasteiger partial charge on any atom is -0.481 e. The van der Waals surface area contributed by atoms with Gasteiger partial charge in [0.1, 0.15) is 42.1 Å². The van der Waals surface area contributed by atoms with E-state index in [-0.39, 0.29) is 102 Å². The first-order chi connectivity index (χ1) is 43.6. The highest BCUT2D eigenvalue weighted by atomic mass is 16.6. The molecule has 0 unspecified atom stereocenters. The summed E-state index contributed by atoms with van der Waals surface area (Å²) in [5.74, 6) is -10.9. The van der Waals surface area contributed by atoms with Crippen molar-refractivity contribution < 1.29 is 126 Å². The third-order valence-electron chi connectivity index (χ3n) is 10.6. The van der Waals surface area contributed by atoms with Gasteiger partial charge in [0.15, 0.2) is 5.69 Å².